The number of piperidine rings is 1. The molecule has 1 amide bonds. The zero-order chi connectivity index (χ0) is 21.1. The number of ether oxygens (including phenoxy) is 1. The Morgan fingerprint density at radius 1 is 1.17 bits per heavy atom. The van der Waals surface area contributed by atoms with Gasteiger partial charge in [-0.1, -0.05) is 40.2 Å². The minimum Gasteiger partial charge on any atom is -0.495 e. The molecular formula is C20H23BrN2O5S. The first kappa shape index (κ1) is 21.8. The van der Waals surface area contributed by atoms with Crippen molar-refractivity contribution in [2.45, 2.75) is 29.0 Å². The number of likely N-dealkylation sites (tertiary alicyclic amines) is 1. The number of halogens is 1. The van der Waals surface area contributed by atoms with Crippen molar-refractivity contribution in [2.75, 3.05) is 20.2 Å². The fourth-order valence-electron chi connectivity index (χ4n) is 3.69. The largest absolute Gasteiger partial charge is 0.495 e. The van der Waals surface area contributed by atoms with E-state index in [0.29, 0.717) is 19.6 Å². The van der Waals surface area contributed by atoms with Gasteiger partial charge in [0.25, 0.3) is 5.91 Å². The number of hydroxylamine groups is 1. The summed E-state index contributed by atoms with van der Waals surface area (Å²) < 4.78 is 31.5. The van der Waals surface area contributed by atoms with Crippen LogP contribution in [0.25, 0.3) is 0 Å². The van der Waals surface area contributed by atoms with Gasteiger partial charge in [-0.25, -0.2) is 13.9 Å². The number of sulfone groups is 1. The van der Waals surface area contributed by atoms with Gasteiger partial charge >= 0.3 is 0 Å². The van der Waals surface area contributed by atoms with Crippen LogP contribution < -0.4 is 10.2 Å². The van der Waals surface area contributed by atoms with E-state index < -0.39 is 20.5 Å². The minimum absolute atomic E-state index is 0.0486. The van der Waals surface area contributed by atoms with Crippen LogP contribution in [0.2, 0.25) is 0 Å². The van der Waals surface area contributed by atoms with Crippen molar-refractivity contribution >= 4 is 31.7 Å². The number of benzene rings is 2. The summed E-state index contributed by atoms with van der Waals surface area (Å²) in [5, 5.41) is 9.30. The number of carbonyl (C=O) groups is 1. The number of carbonyl (C=O) groups excluding carboxylic acids is 1. The first-order valence-corrected chi connectivity index (χ1v) is 11.4. The average molecular weight is 483 g/mol. The third-order valence-electron chi connectivity index (χ3n) is 5.37. The smallest absolute Gasteiger partial charge is 0.265 e. The highest BCUT2D eigenvalue weighted by Gasteiger charge is 2.53. The van der Waals surface area contributed by atoms with E-state index in [1.165, 1.54) is 13.2 Å². The number of hydrogen-bond acceptors (Lipinski definition) is 6. The molecule has 0 saturated carbocycles. The molecule has 1 heterocycles. The molecule has 0 radical (unpaired) electrons. The molecule has 0 unspecified atom stereocenters. The average Bonchev–Trinajstić information content (AvgIpc) is 2.75. The maximum Gasteiger partial charge on any atom is 0.265 e. The Morgan fingerprint density at radius 2 is 1.79 bits per heavy atom. The zero-order valence-electron chi connectivity index (χ0n) is 16.0. The number of rotatable bonds is 6. The van der Waals surface area contributed by atoms with E-state index in [-0.39, 0.29) is 23.5 Å². The molecule has 29 heavy (non-hydrogen) atoms. The first-order valence-electron chi connectivity index (χ1n) is 9.13. The lowest BCUT2D eigenvalue weighted by atomic mass is 9.94. The Labute approximate surface area is 178 Å². The minimum atomic E-state index is -4.11. The zero-order valence-corrected chi connectivity index (χ0v) is 18.4. The molecule has 9 heteroatoms. The van der Waals surface area contributed by atoms with E-state index in [1.807, 2.05) is 24.3 Å². The molecule has 2 N–H and O–H groups in total. The van der Waals surface area contributed by atoms with Crippen molar-refractivity contribution in [1.29, 1.82) is 0 Å². The lowest BCUT2D eigenvalue weighted by Crippen LogP contribution is -2.57. The van der Waals surface area contributed by atoms with E-state index in [0.717, 1.165) is 10.0 Å². The van der Waals surface area contributed by atoms with Gasteiger partial charge in [0.2, 0.25) is 0 Å². The Morgan fingerprint density at radius 3 is 2.38 bits per heavy atom. The van der Waals surface area contributed by atoms with E-state index >= 15 is 0 Å². The topological polar surface area (TPSA) is 95.9 Å². The maximum absolute atomic E-state index is 13.5. The standard InChI is InChI=1S/C20H23BrN2O5S/c1-28-17-4-2-3-5-18(17)29(26,27)20(19(24)22-25)10-12-23(13-11-20)14-15-6-8-16(21)9-7-15/h2-9,25H,10-14H2,1H3,(H,22,24). The number of methoxy groups -OCH3 is 1. The lowest BCUT2D eigenvalue weighted by Gasteiger charge is -2.39. The molecular weight excluding hydrogens is 460 g/mol. The fourth-order valence-corrected chi connectivity index (χ4v) is 6.06. The summed E-state index contributed by atoms with van der Waals surface area (Å²) in [6.07, 6.45) is 0.132. The van der Waals surface area contributed by atoms with Crippen LogP contribution in [0, 0.1) is 0 Å². The second-order valence-corrected chi connectivity index (χ2v) is 10.1. The van der Waals surface area contributed by atoms with E-state index in [2.05, 4.69) is 20.8 Å². The maximum atomic E-state index is 13.5. The van der Waals surface area contributed by atoms with Gasteiger partial charge in [-0.15, -0.1) is 0 Å². The van der Waals surface area contributed by atoms with Gasteiger partial charge < -0.3 is 4.74 Å². The summed E-state index contributed by atoms with van der Waals surface area (Å²) in [4.78, 5) is 14.7. The summed E-state index contributed by atoms with van der Waals surface area (Å²) in [6.45, 7) is 1.45. The monoisotopic (exact) mass is 482 g/mol. The Bertz CT molecular complexity index is 971. The van der Waals surface area contributed by atoms with Crippen LogP contribution in [-0.2, 0) is 21.2 Å². The molecule has 1 aliphatic rings. The summed E-state index contributed by atoms with van der Waals surface area (Å²) >= 11 is 3.41. The molecule has 2 aromatic carbocycles. The lowest BCUT2D eigenvalue weighted by molar-refractivity contribution is -0.133. The van der Waals surface area contributed by atoms with Gasteiger partial charge in [-0.05, 0) is 42.7 Å². The number of hydrogen-bond donors (Lipinski definition) is 2. The third kappa shape index (κ3) is 4.18. The molecule has 1 aliphatic heterocycles. The SMILES string of the molecule is COc1ccccc1S(=O)(=O)C1(C(=O)NO)CCN(Cc2ccc(Br)cc2)CC1. The van der Waals surface area contributed by atoms with Gasteiger partial charge in [0.05, 0.1) is 7.11 Å². The number of nitrogens with one attached hydrogen (secondary N) is 1. The molecule has 0 spiro atoms. The summed E-state index contributed by atoms with van der Waals surface area (Å²) in [5.41, 5.74) is 2.67. The van der Waals surface area contributed by atoms with Crippen LogP contribution in [0.3, 0.4) is 0 Å². The first-order chi connectivity index (χ1) is 13.8. The van der Waals surface area contributed by atoms with E-state index in [1.54, 1.807) is 23.7 Å². The Hall–Kier alpha value is -1.94. The second-order valence-electron chi connectivity index (χ2n) is 6.99. The van der Waals surface area contributed by atoms with Crippen LogP contribution in [0.1, 0.15) is 18.4 Å². The van der Waals surface area contributed by atoms with Crippen molar-refractivity contribution in [3.63, 3.8) is 0 Å². The highest BCUT2D eigenvalue weighted by molar-refractivity contribution is 9.10. The van der Waals surface area contributed by atoms with Crippen LogP contribution in [-0.4, -0.2) is 49.4 Å². The van der Waals surface area contributed by atoms with Crippen molar-refractivity contribution in [2.24, 2.45) is 0 Å². The molecule has 1 fully saturated rings. The van der Waals surface area contributed by atoms with Crippen molar-refractivity contribution < 1.29 is 23.2 Å². The quantitative estimate of drug-likeness (QED) is 0.485. The predicted octanol–water partition coefficient (Wildman–Crippen LogP) is 2.77. The normalized spacial score (nSPS) is 16.9. The summed E-state index contributed by atoms with van der Waals surface area (Å²) in [7, 11) is -2.73. The molecule has 156 valence electrons. The van der Waals surface area contributed by atoms with Crippen LogP contribution in [0.5, 0.6) is 5.75 Å². The Balaban J connectivity index is 1.87. The molecule has 0 aliphatic carbocycles. The van der Waals surface area contributed by atoms with Gasteiger partial charge in [0.15, 0.2) is 14.6 Å². The molecule has 7 nitrogen and oxygen atoms in total. The van der Waals surface area contributed by atoms with E-state index in [9.17, 15) is 18.4 Å². The van der Waals surface area contributed by atoms with Crippen LogP contribution in [0.4, 0.5) is 0 Å². The highest BCUT2D eigenvalue weighted by Crippen LogP contribution is 2.39. The Kier molecular flexibility index (Phi) is 6.62. The number of nitrogens with zero attached hydrogens (tertiary/aromatic N) is 1. The van der Waals surface area contributed by atoms with Crippen molar-refractivity contribution in [1.82, 2.24) is 10.4 Å². The van der Waals surface area contributed by atoms with Crippen molar-refractivity contribution in [3.05, 3.63) is 58.6 Å². The van der Waals surface area contributed by atoms with Gasteiger partial charge in [0, 0.05) is 24.1 Å². The van der Waals surface area contributed by atoms with Gasteiger partial charge in [-0.2, -0.15) is 0 Å². The van der Waals surface area contributed by atoms with E-state index in [4.69, 9.17) is 4.74 Å². The number of amides is 1. The van der Waals surface area contributed by atoms with Crippen molar-refractivity contribution in [3.8, 4) is 5.75 Å². The molecule has 0 bridgehead atoms. The van der Waals surface area contributed by atoms with Gasteiger partial charge in [0.1, 0.15) is 10.6 Å². The molecule has 3 rings (SSSR count). The summed E-state index contributed by atoms with van der Waals surface area (Å²) in [5.74, 6) is -0.735. The third-order valence-corrected chi connectivity index (χ3v) is 8.44. The number of para-hydroxylation sites is 1. The molecule has 0 aromatic heterocycles. The molecule has 1 saturated heterocycles. The predicted molar refractivity (Wildman–Crippen MR) is 111 cm³/mol. The van der Waals surface area contributed by atoms with Crippen LogP contribution >= 0.6 is 15.9 Å². The summed E-state index contributed by atoms with van der Waals surface area (Å²) in [6, 6.07) is 14.1. The molecule has 2 aromatic rings. The van der Waals surface area contributed by atoms with Crippen LogP contribution in [0.15, 0.2) is 57.9 Å². The highest BCUT2D eigenvalue weighted by atomic mass is 79.9. The fraction of sp³-hybridized carbons (Fsp3) is 0.350. The second kappa shape index (κ2) is 8.83. The molecule has 0 atom stereocenters. The van der Waals surface area contributed by atoms with Gasteiger partial charge in [-0.3, -0.25) is 14.9 Å².